The highest BCUT2D eigenvalue weighted by atomic mass is 35.5. The maximum Gasteiger partial charge on any atom is 0.248 e. The number of primary amides is 1. The highest BCUT2D eigenvalue weighted by Gasteiger charge is 2.07. The highest BCUT2D eigenvalue weighted by Crippen LogP contribution is 2.19. The smallest absolute Gasteiger partial charge is 0.248 e. The van der Waals surface area contributed by atoms with Crippen LogP contribution in [0.5, 0.6) is 5.75 Å². The van der Waals surface area contributed by atoms with Crippen LogP contribution in [0.2, 0.25) is 5.02 Å². The molecule has 2 N–H and O–H groups in total. The van der Waals surface area contributed by atoms with E-state index in [-0.39, 0.29) is 12.2 Å². The van der Waals surface area contributed by atoms with Gasteiger partial charge in [-0.15, -0.1) is 0 Å². The number of halogens is 2. The summed E-state index contributed by atoms with van der Waals surface area (Å²) >= 11 is 5.81. The van der Waals surface area contributed by atoms with E-state index in [4.69, 9.17) is 22.1 Å². The van der Waals surface area contributed by atoms with Crippen molar-refractivity contribution in [3.05, 3.63) is 64.4 Å². The zero-order chi connectivity index (χ0) is 13.8. The molecule has 0 spiro atoms. The quantitative estimate of drug-likeness (QED) is 0.935. The largest absolute Gasteiger partial charge is 0.489 e. The minimum Gasteiger partial charge on any atom is -0.489 e. The summed E-state index contributed by atoms with van der Waals surface area (Å²) < 4.78 is 19.1. The number of hydrogen-bond donors (Lipinski definition) is 1. The molecular weight excluding hydrogens is 269 g/mol. The number of benzene rings is 2. The normalized spacial score (nSPS) is 10.2. The summed E-state index contributed by atoms with van der Waals surface area (Å²) in [5.41, 5.74) is 5.53. The van der Waals surface area contributed by atoms with Crippen molar-refractivity contribution in [2.75, 3.05) is 0 Å². The molecular formula is C14H11ClFNO2. The summed E-state index contributed by atoms with van der Waals surface area (Å²) in [5.74, 6) is -0.648. The van der Waals surface area contributed by atoms with Gasteiger partial charge in [-0.1, -0.05) is 23.7 Å². The molecule has 2 rings (SSSR count). The van der Waals surface area contributed by atoms with Crippen LogP contribution < -0.4 is 10.5 Å². The molecule has 1 amide bonds. The van der Waals surface area contributed by atoms with E-state index in [1.165, 1.54) is 12.1 Å². The Balaban J connectivity index is 2.10. The van der Waals surface area contributed by atoms with Crippen molar-refractivity contribution in [1.29, 1.82) is 0 Å². The van der Waals surface area contributed by atoms with Crippen molar-refractivity contribution in [3.63, 3.8) is 0 Å². The second kappa shape index (κ2) is 5.71. The van der Waals surface area contributed by atoms with E-state index in [2.05, 4.69) is 0 Å². The van der Waals surface area contributed by atoms with Gasteiger partial charge < -0.3 is 10.5 Å². The average Bonchev–Trinajstić information content (AvgIpc) is 2.37. The first-order valence-electron chi connectivity index (χ1n) is 5.53. The van der Waals surface area contributed by atoms with E-state index in [0.717, 1.165) is 6.07 Å². The molecule has 0 radical (unpaired) electrons. The summed E-state index contributed by atoms with van der Waals surface area (Å²) in [4.78, 5) is 10.9. The molecule has 0 heterocycles. The number of carbonyl (C=O) groups is 1. The Bertz CT molecular complexity index is 616. The van der Waals surface area contributed by atoms with Crippen molar-refractivity contribution < 1.29 is 13.9 Å². The van der Waals surface area contributed by atoms with Crippen molar-refractivity contribution in [3.8, 4) is 5.75 Å². The summed E-state index contributed by atoms with van der Waals surface area (Å²) in [6.07, 6.45) is 0. The van der Waals surface area contributed by atoms with Gasteiger partial charge in [-0.25, -0.2) is 4.39 Å². The Morgan fingerprint density at radius 1 is 1.26 bits per heavy atom. The molecule has 0 saturated carbocycles. The molecule has 0 unspecified atom stereocenters. The van der Waals surface area contributed by atoms with E-state index in [0.29, 0.717) is 16.3 Å². The van der Waals surface area contributed by atoms with E-state index in [1.807, 2.05) is 0 Å². The van der Waals surface area contributed by atoms with Gasteiger partial charge in [0.15, 0.2) is 0 Å². The Hall–Kier alpha value is -2.07. The van der Waals surface area contributed by atoms with Gasteiger partial charge in [0.25, 0.3) is 0 Å². The zero-order valence-electron chi connectivity index (χ0n) is 9.90. The van der Waals surface area contributed by atoms with Crippen molar-refractivity contribution in [2.45, 2.75) is 6.61 Å². The van der Waals surface area contributed by atoms with E-state index >= 15 is 0 Å². The van der Waals surface area contributed by atoms with Gasteiger partial charge in [0, 0.05) is 16.1 Å². The summed E-state index contributed by atoms with van der Waals surface area (Å²) in [5, 5.41) is 0.544. The number of carbonyl (C=O) groups excluding carboxylic acids is 1. The molecule has 2 aromatic rings. The molecule has 0 atom stereocenters. The van der Waals surface area contributed by atoms with Crippen molar-refractivity contribution in [1.82, 2.24) is 0 Å². The SMILES string of the molecule is NC(=O)c1ccc(COc2cccc(Cl)c2)c(F)c1. The molecule has 19 heavy (non-hydrogen) atoms. The van der Waals surface area contributed by atoms with Crippen LogP contribution in [0.15, 0.2) is 42.5 Å². The van der Waals surface area contributed by atoms with Crippen LogP contribution in [0.25, 0.3) is 0 Å². The van der Waals surface area contributed by atoms with Crippen LogP contribution in [0.1, 0.15) is 15.9 Å². The molecule has 2 aromatic carbocycles. The Morgan fingerprint density at radius 2 is 2.05 bits per heavy atom. The Morgan fingerprint density at radius 3 is 2.68 bits per heavy atom. The second-order valence-corrected chi connectivity index (χ2v) is 4.35. The standard InChI is InChI=1S/C14H11ClFNO2/c15-11-2-1-3-12(7-11)19-8-10-5-4-9(14(17)18)6-13(10)16/h1-7H,8H2,(H2,17,18). The summed E-state index contributed by atoms with van der Waals surface area (Å²) in [6.45, 7) is 0.0468. The fourth-order valence-corrected chi connectivity index (χ4v) is 1.72. The minimum absolute atomic E-state index is 0.0468. The molecule has 0 aromatic heterocycles. The van der Waals surface area contributed by atoms with Gasteiger partial charge in [0.2, 0.25) is 5.91 Å². The van der Waals surface area contributed by atoms with Gasteiger partial charge in [0.1, 0.15) is 18.2 Å². The number of amides is 1. The lowest BCUT2D eigenvalue weighted by Crippen LogP contribution is -2.11. The lowest BCUT2D eigenvalue weighted by molar-refractivity contribution is 0.0999. The third-order valence-corrected chi connectivity index (χ3v) is 2.76. The molecule has 0 aliphatic heterocycles. The molecule has 98 valence electrons. The van der Waals surface area contributed by atoms with Crippen LogP contribution in [0, 0.1) is 5.82 Å². The maximum atomic E-state index is 13.7. The molecule has 0 aliphatic rings. The first-order chi connectivity index (χ1) is 9.06. The van der Waals surface area contributed by atoms with E-state index in [9.17, 15) is 9.18 Å². The lowest BCUT2D eigenvalue weighted by Gasteiger charge is -2.08. The predicted molar refractivity (Wildman–Crippen MR) is 70.7 cm³/mol. The topological polar surface area (TPSA) is 52.3 Å². The third-order valence-electron chi connectivity index (χ3n) is 2.53. The Kier molecular flexibility index (Phi) is 4.02. The van der Waals surface area contributed by atoms with Crippen LogP contribution in [0.3, 0.4) is 0 Å². The second-order valence-electron chi connectivity index (χ2n) is 3.92. The highest BCUT2D eigenvalue weighted by molar-refractivity contribution is 6.30. The zero-order valence-corrected chi connectivity index (χ0v) is 10.7. The molecule has 0 saturated heterocycles. The maximum absolute atomic E-state index is 13.7. The van der Waals surface area contributed by atoms with Crippen molar-refractivity contribution >= 4 is 17.5 Å². The van der Waals surface area contributed by atoms with Gasteiger partial charge >= 0.3 is 0 Å². The minimum atomic E-state index is -0.666. The lowest BCUT2D eigenvalue weighted by atomic mass is 10.1. The number of ether oxygens (including phenoxy) is 1. The molecule has 0 fully saturated rings. The monoisotopic (exact) mass is 279 g/mol. The third kappa shape index (κ3) is 3.45. The van der Waals surface area contributed by atoms with Gasteiger partial charge in [-0.05, 0) is 30.3 Å². The number of rotatable bonds is 4. The summed E-state index contributed by atoms with van der Waals surface area (Å²) in [6, 6.07) is 10.8. The van der Waals surface area contributed by atoms with Crippen molar-refractivity contribution in [2.24, 2.45) is 5.73 Å². The van der Waals surface area contributed by atoms with E-state index in [1.54, 1.807) is 24.3 Å². The number of hydrogen-bond acceptors (Lipinski definition) is 2. The van der Waals surface area contributed by atoms with Crippen LogP contribution in [-0.4, -0.2) is 5.91 Å². The molecule has 5 heteroatoms. The first kappa shape index (κ1) is 13.4. The molecule has 3 nitrogen and oxygen atoms in total. The average molecular weight is 280 g/mol. The van der Waals surface area contributed by atoms with Gasteiger partial charge in [-0.3, -0.25) is 4.79 Å². The molecule has 0 aliphatic carbocycles. The van der Waals surface area contributed by atoms with E-state index < -0.39 is 11.7 Å². The fourth-order valence-electron chi connectivity index (χ4n) is 1.54. The predicted octanol–water partition coefficient (Wildman–Crippen LogP) is 3.16. The van der Waals surface area contributed by atoms with Gasteiger partial charge in [0.05, 0.1) is 0 Å². The first-order valence-corrected chi connectivity index (χ1v) is 5.90. The Labute approximate surface area is 114 Å². The fraction of sp³-hybridized carbons (Fsp3) is 0.0714. The van der Waals surface area contributed by atoms with Crippen LogP contribution in [-0.2, 0) is 6.61 Å². The van der Waals surface area contributed by atoms with Gasteiger partial charge in [-0.2, -0.15) is 0 Å². The molecule has 0 bridgehead atoms. The summed E-state index contributed by atoms with van der Waals surface area (Å²) in [7, 11) is 0. The van der Waals surface area contributed by atoms with Crippen LogP contribution in [0.4, 0.5) is 4.39 Å². The van der Waals surface area contributed by atoms with Crippen LogP contribution >= 0.6 is 11.6 Å². The number of nitrogens with two attached hydrogens (primary N) is 1.